The van der Waals surface area contributed by atoms with E-state index in [-0.39, 0.29) is 0 Å². The van der Waals surface area contributed by atoms with Crippen LogP contribution in [0.5, 0.6) is 0 Å². The van der Waals surface area contributed by atoms with E-state index < -0.39 is 0 Å². The largest absolute Gasteiger partial charge is 0.416 e. The van der Waals surface area contributed by atoms with Gasteiger partial charge in [0.15, 0.2) is 0 Å². The van der Waals surface area contributed by atoms with Crippen LogP contribution >= 0.6 is 23.4 Å². The van der Waals surface area contributed by atoms with Crippen LogP contribution in [0.25, 0.3) is 0 Å². The predicted molar refractivity (Wildman–Crippen MR) is 80.2 cm³/mol. The van der Waals surface area contributed by atoms with Gasteiger partial charge >= 0.3 is 0 Å². The first-order chi connectivity index (χ1) is 9.81. The van der Waals surface area contributed by atoms with E-state index in [1.807, 2.05) is 24.3 Å². The molecule has 2 aromatic rings. The van der Waals surface area contributed by atoms with Gasteiger partial charge in [-0.05, 0) is 43.6 Å². The first-order valence-electron chi connectivity index (χ1n) is 6.72. The van der Waals surface area contributed by atoms with Crippen molar-refractivity contribution in [1.82, 2.24) is 15.5 Å². The highest BCUT2D eigenvalue weighted by molar-refractivity contribution is 7.98. The van der Waals surface area contributed by atoms with Gasteiger partial charge in [-0.1, -0.05) is 35.5 Å². The normalized spacial score (nSPS) is 16.4. The quantitative estimate of drug-likeness (QED) is 0.876. The lowest BCUT2D eigenvalue weighted by Crippen LogP contribution is -2.26. The van der Waals surface area contributed by atoms with Gasteiger partial charge in [0.1, 0.15) is 0 Å². The number of halogens is 1. The zero-order valence-electron chi connectivity index (χ0n) is 11.0. The van der Waals surface area contributed by atoms with E-state index in [4.69, 9.17) is 16.0 Å². The van der Waals surface area contributed by atoms with Crippen LogP contribution in [0.4, 0.5) is 0 Å². The van der Waals surface area contributed by atoms with E-state index >= 15 is 0 Å². The molecule has 0 radical (unpaired) electrons. The summed E-state index contributed by atoms with van der Waals surface area (Å²) in [5, 5.41) is 13.0. The van der Waals surface area contributed by atoms with Crippen LogP contribution in [0, 0.1) is 0 Å². The molecule has 1 aliphatic heterocycles. The van der Waals surface area contributed by atoms with Gasteiger partial charge in [0, 0.05) is 16.7 Å². The van der Waals surface area contributed by atoms with Crippen molar-refractivity contribution >= 4 is 23.4 Å². The SMILES string of the molecule is Clc1ccc(CSc2nnc(C3CCNCC3)o2)cc1. The minimum absolute atomic E-state index is 0.411. The molecule has 1 saturated heterocycles. The molecular formula is C14H16ClN3OS. The zero-order chi connectivity index (χ0) is 13.8. The van der Waals surface area contributed by atoms with Gasteiger partial charge in [-0.3, -0.25) is 0 Å². The number of thioether (sulfide) groups is 1. The number of aromatic nitrogens is 2. The molecule has 0 spiro atoms. The lowest BCUT2D eigenvalue weighted by atomic mass is 9.98. The Morgan fingerprint density at radius 2 is 1.95 bits per heavy atom. The monoisotopic (exact) mass is 309 g/mol. The molecular weight excluding hydrogens is 294 g/mol. The number of nitrogens with one attached hydrogen (secondary N) is 1. The van der Waals surface area contributed by atoms with Crippen molar-refractivity contribution in [2.24, 2.45) is 0 Å². The fourth-order valence-corrected chi connectivity index (χ4v) is 3.09. The number of hydrogen-bond donors (Lipinski definition) is 1. The summed E-state index contributed by atoms with van der Waals surface area (Å²) in [6.07, 6.45) is 2.15. The molecule has 1 aliphatic rings. The van der Waals surface area contributed by atoms with Crippen molar-refractivity contribution in [1.29, 1.82) is 0 Å². The molecule has 1 aromatic heterocycles. The fourth-order valence-electron chi connectivity index (χ4n) is 2.24. The van der Waals surface area contributed by atoms with Crippen molar-refractivity contribution in [3.63, 3.8) is 0 Å². The number of benzene rings is 1. The highest BCUT2D eigenvalue weighted by atomic mass is 35.5. The molecule has 106 valence electrons. The molecule has 20 heavy (non-hydrogen) atoms. The molecule has 3 rings (SSSR count). The Kier molecular flexibility index (Phi) is 4.60. The molecule has 0 amide bonds. The first-order valence-corrected chi connectivity index (χ1v) is 8.09. The van der Waals surface area contributed by atoms with Crippen LogP contribution < -0.4 is 5.32 Å². The van der Waals surface area contributed by atoms with E-state index in [2.05, 4.69) is 15.5 Å². The van der Waals surface area contributed by atoms with Gasteiger partial charge in [0.05, 0.1) is 0 Å². The van der Waals surface area contributed by atoms with Crippen molar-refractivity contribution in [3.05, 3.63) is 40.7 Å². The van der Waals surface area contributed by atoms with Gasteiger partial charge < -0.3 is 9.73 Å². The molecule has 0 atom stereocenters. The van der Waals surface area contributed by atoms with Crippen molar-refractivity contribution < 1.29 is 4.42 Å². The summed E-state index contributed by atoms with van der Waals surface area (Å²) in [5.41, 5.74) is 1.20. The summed E-state index contributed by atoms with van der Waals surface area (Å²) in [5.74, 6) is 2.00. The number of piperidine rings is 1. The Balaban J connectivity index is 1.58. The molecule has 1 N–H and O–H groups in total. The first kappa shape index (κ1) is 13.9. The number of nitrogens with zero attached hydrogens (tertiary/aromatic N) is 2. The Morgan fingerprint density at radius 1 is 1.20 bits per heavy atom. The Morgan fingerprint density at radius 3 is 2.70 bits per heavy atom. The smallest absolute Gasteiger partial charge is 0.276 e. The topological polar surface area (TPSA) is 51.0 Å². The van der Waals surface area contributed by atoms with Crippen LogP contribution in [0.2, 0.25) is 5.02 Å². The molecule has 0 aliphatic carbocycles. The summed E-state index contributed by atoms with van der Waals surface area (Å²) >= 11 is 7.43. The molecule has 4 nitrogen and oxygen atoms in total. The third-order valence-electron chi connectivity index (χ3n) is 3.39. The molecule has 1 aromatic carbocycles. The molecule has 0 bridgehead atoms. The van der Waals surface area contributed by atoms with E-state index in [0.29, 0.717) is 11.1 Å². The number of hydrogen-bond acceptors (Lipinski definition) is 5. The molecule has 2 heterocycles. The third kappa shape index (κ3) is 3.53. The summed E-state index contributed by atoms with van der Waals surface area (Å²) in [6, 6.07) is 7.82. The average molecular weight is 310 g/mol. The molecule has 0 unspecified atom stereocenters. The molecule has 1 fully saturated rings. The number of rotatable bonds is 4. The standard InChI is InChI=1S/C14H16ClN3OS/c15-12-3-1-10(2-4-12)9-20-14-18-17-13(19-14)11-5-7-16-8-6-11/h1-4,11,16H,5-9H2. The Bertz CT molecular complexity index is 552. The third-order valence-corrected chi connectivity index (χ3v) is 4.53. The van der Waals surface area contributed by atoms with Crippen molar-refractivity contribution in [3.8, 4) is 0 Å². The fraction of sp³-hybridized carbons (Fsp3) is 0.429. The van der Waals surface area contributed by atoms with Crippen LogP contribution in [-0.4, -0.2) is 23.3 Å². The second-order valence-electron chi connectivity index (χ2n) is 4.85. The lowest BCUT2D eigenvalue weighted by molar-refractivity contribution is 0.342. The zero-order valence-corrected chi connectivity index (χ0v) is 12.6. The van der Waals surface area contributed by atoms with Crippen LogP contribution in [0.3, 0.4) is 0 Å². The molecule has 0 saturated carbocycles. The Hall–Kier alpha value is -1.04. The molecule has 6 heteroatoms. The average Bonchev–Trinajstić information content (AvgIpc) is 2.97. The second kappa shape index (κ2) is 6.61. The van der Waals surface area contributed by atoms with Crippen LogP contribution in [-0.2, 0) is 5.75 Å². The maximum atomic E-state index is 5.87. The van der Waals surface area contributed by atoms with E-state index in [9.17, 15) is 0 Å². The maximum absolute atomic E-state index is 5.87. The van der Waals surface area contributed by atoms with Crippen LogP contribution in [0.1, 0.15) is 30.2 Å². The lowest BCUT2D eigenvalue weighted by Gasteiger charge is -2.18. The van der Waals surface area contributed by atoms with E-state index in [1.165, 1.54) is 5.56 Å². The van der Waals surface area contributed by atoms with E-state index in [1.54, 1.807) is 11.8 Å². The van der Waals surface area contributed by atoms with Gasteiger partial charge in [-0.2, -0.15) is 0 Å². The summed E-state index contributed by atoms with van der Waals surface area (Å²) in [7, 11) is 0. The highest BCUT2D eigenvalue weighted by Gasteiger charge is 2.21. The summed E-state index contributed by atoms with van der Waals surface area (Å²) in [6.45, 7) is 2.06. The van der Waals surface area contributed by atoms with Crippen LogP contribution in [0.15, 0.2) is 33.9 Å². The van der Waals surface area contributed by atoms with Gasteiger partial charge in [-0.15, -0.1) is 10.2 Å². The minimum atomic E-state index is 0.411. The van der Waals surface area contributed by atoms with E-state index in [0.717, 1.165) is 42.6 Å². The van der Waals surface area contributed by atoms with Gasteiger partial charge in [0.2, 0.25) is 5.89 Å². The second-order valence-corrected chi connectivity index (χ2v) is 6.21. The summed E-state index contributed by atoms with van der Waals surface area (Å²) < 4.78 is 5.76. The maximum Gasteiger partial charge on any atom is 0.276 e. The summed E-state index contributed by atoms with van der Waals surface area (Å²) in [4.78, 5) is 0. The highest BCUT2D eigenvalue weighted by Crippen LogP contribution is 2.28. The van der Waals surface area contributed by atoms with Crippen molar-refractivity contribution in [2.45, 2.75) is 29.7 Å². The van der Waals surface area contributed by atoms with Gasteiger partial charge in [-0.25, -0.2) is 0 Å². The Labute approximate surface area is 127 Å². The minimum Gasteiger partial charge on any atom is -0.416 e. The predicted octanol–water partition coefficient (Wildman–Crippen LogP) is 3.48. The van der Waals surface area contributed by atoms with Crippen molar-refractivity contribution in [2.75, 3.05) is 13.1 Å². The van der Waals surface area contributed by atoms with Gasteiger partial charge in [0.25, 0.3) is 5.22 Å².